The van der Waals surface area contributed by atoms with E-state index >= 15 is 0 Å². The number of hydrogen-bond donors (Lipinski definition) is 3. The van der Waals surface area contributed by atoms with E-state index in [1.807, 2.05) is 0 Å². The van der Waals surface area contributed by atoms with Crippen molar-refractivity contribution >= 4 is 49.0 Å². The topological polar surface area (TPSA) is 100 Å². The predicted octanol–water partition coefficient (Wildman–Crippen LogP) is 4.28. The van der Waals surface area contributed by atoms with Crippen LogP contribution < -0.4 is 11.3 Å². The minimum atomic E-state index is -0.399. The smallest absolute Gasteiger partial charge is 0.272 e. The number of hydrogen-bond acceptors (Lipinski definition) is 5. The average Bonchev–Trinajstić information content (AvgIpc) is 3.19. The van der Waals surface area contributed by atoms with Gasteiger partial charge in [0.1, 0.15) is 22.5 Å². The maximum atomic E-state index is 14.2. The van der Waals surface area contributed by atoms with E-state index in [4.69, 9.17) is 5.73 Å². The lowest BCUT2D eigenvalue weighted by Crippen LogP contribution is -2.14. The molecule has 138 valence electrons. The van der Waals surface area contributed by atoms with Gasteiger partial charge in [0.05, 0.1) is 21.9 Å². The number of H-pyrrole nitrogens is 2. The highest BCUT2D eigenvalue weighted by atomic mass is 32.1. The molecule has 3 heterocycles. The molecule has 3 aromatic heterocycles. The summed E-state index contributed by atoms with van der Waals surface area (Å²) in [5.74, 6) is 0.111. The average molecular weight is 391 g/mol. The van der Waals surface area contributed by atoms with Gasteiger partial charge in [-0.25, -0.2) is 9.37 Å². The quantitative estimate of drug-likeness (QED) is 0.418. The Morgan fingerprint density at radius 1 is 1.21 bits per heavy atom. The van der Waals surface area contributed by atoms with E-state index < -0.39 is 5.82 Å². The van der Waals surface area contributed by atoms with Gasteiger partial charge in [-0.1, -0.05) is 6.07 Å². The van der Waals surface area contributed by atoms with Crippen LogP contribution in [0.3, 0.4) is 0 Å². The normalized spacial score (nSPS) is 14.5. The van der Waals surface area contributed by atoms with Gasteiger partial charge >= 0.3 is 0 Å². The van der Waals surface area contributed by atoms with Crippen LogP contribution in [0.15, 0.2) is 34.7 Å². The summed E-state index contributed by atoms with van der Waals surface area (Å²) >= 11 is 1.59. The number of halogens is 1. The number of fused-ring (bicyclic) bond motifs is 4. The lowest BCUT2D eigenvalue weighted by molar-refractivity contribution is 0.636. The van der Waals surface area contributed by atoms with Crippen molar-refractivity contribution < 1.29 is 4.39 Å². The van der Waals surface area contributed by atoms with Gasteiger partial charge in [0.25, 0.3) is 5.56 Å². The summed E-state index contributed by atoms with van der Waals surface area (Å²) in [5, 5.41) is 8.07. The van der Waals surface area contributed by atoms with E-state index in [1.165, 1.54) is 11.6 Å². The zero-order chi connectivity index (χ0) is 19.0. The predicted molar refractivity (Wildman–Crippen MR) is 109 cm³/mol. The fourth-order valence-electron chi connectivity index (χ4n) is 4.02. The molecule has 0 spiro atoms. The fourth-order valence-corrected chi connectivity index (χ4v) is 4.91. The van der Waals surface area contributed by atoms with Gasteiger partial charge in [0, 0.05) is 16.3 Å². The Balaban J connectivity index is 1.83. The molecular formula is C20H14FN5OS. The second kappa shape index (κ2) is 5.39. The van der Waals surface area contributed by atoms with Crippen molar-refractivity contribution in [1.82, 2.24) is 20.2 Å². The van der Waals surface area contributed by atoms with E-state index in [9.17, 15) is 9.18 Å². The first-order valence-corrected chi connectivity index (χ1v) is 9.85. The summed E-state index contributed by atoms with van der Waals surface area (Å²) in [6.45, 7) is 0. The van der Waals surface area contributed by atoms with Crippen LogP contribution in [0.5, 0.6) is 0 Å². The van der Waals surface area contributed by atoms with Gasteiger partial charge in [-0.3, -0.25) is 9.89 Å². The SMILES string of the molecule is Nc1c(-c2ccc(F)c3[nH]ncc23)c2cc(C3CC3)c3scnc3c2[nH]c1=O. The number of rotatable bonds is 2. The van der Waals surface area contributed by atoms with E-state index in [0.29, 0.717) is 33.5 Å². The molecule has 0 aliphatic heterocycles. The standard InChI is InChI=1S/C20H14FN5OS/c21-13-4-3-9(12-6-24-26-16(12)13)14-11-5-10(8-1-2-8)19-18(23-7-28-19)17(11)25-20(27)15(14)22/h3-8H,1-2,22H2,(H,24,26)(H,25,27). The minimum Gasteiger partial charge on any atom is -0.394 e. The largest absolute Gasteiger partial charge is 0.394 e. The Labute approximate surface area is 161 Å². The molecule has 1 saturated carbocycles. The molecule has 0 amide bonds. The molecule has 8 heteroatoms. The van der Waals surface area contributed by atoms with Gasteiger partial charge < -0.3 is 10.7 Å². The van der Waals surface area contributed by atoms with E-state index in [-0.39, 0.29) is 11.2 Å². The zero-order valence-electron chi connectivity index (χ0n) is 14.5. The number of thiazole rings is 1. The van der Waals surface area contributed by atoms with Crippen molar-refractivity contribution in [1.29, 1.82) is 0 Å². The molecule has 0 radical (unpaired) electrons. The molecule has 1 aliphatic carbocycles. The molecule has 1 fully saturated rings. The van der Waals surface area contributed by atoms with Gasteiger partial charge in [0.2, 0.25) is 0 Å². The van der Waals surface area contributed by atoms with Crippen LogP contribution in [-0.4, -0.2) is 20.2 Å². The Bertz CT molecular complexity index is 1480. The van der Waals surface area contributed by atoms with Crippen LogP contribution in [0.2, 0.25) is 0 Å². The van der Waals surface area contributed by atoms with Crippen molar-refractivity contribution in [3.8, 4) is 11.1 Å². The summed E-state index contributed by atoms with van der Waals surface area (Å²) in [7, 11) is 0. The number of nitrogen functional groups attached to an aromatic ring is 1. The van der Waals surface area contributed by atoms with Crippen molar-refractivity contribution in [3.05, 3.63) is 51.6 Å². The van der Waals surface area contributed by atoms with Gasteiger partial charge in [-0.2, -0.15) is 5.10 Å². The summed E-state index contributed by atoms with van der Waals surface area (Å²) in [5.41, 5.74) is 12.0. The fraction of sp³-hybridized carbons (Fsp3) is 0.150. The lowest BCUT2D eigenvalue weighted by atomic mass is 9.94. The Morgan fingerprint density at radius 3 is 2.89 bits per heavy atom. The molecule has 4 N–H and O–H groups in total. The summed E-state index contributed by atoms with van der Waals surface area (Å²) < 4.78 is 15.3. The molecule has 28 heavy (non-hydrogen) atoms. The molecule has 6 nitrogen and oxygen atoms in total. The van der Waals surface area contributed by atoms with Crippen molar-refractivity contribution in [2.45, 2.75) is 18.8 Å². The highest BCUT2D eigenvalue weighted by Crippen LogP contribution is 2.47. The third kappa shape index (κ3) is 2.03. The zero-order valence-corrected chi connectivity index (χ0v) is 15.4. The van der Waals surface area contributed by atoms with Crippen molar-refractivity contribution in [3.63, 3.8) is 0 Å². The van der Waals surface area contributed by atoms with Crippen LogP contribution >= 0.6 is 11.3 Å². The molecule has 5 aromatic rings. The molecule has 2 aromatic carbocycles. The molecule has 0 saturated heterocycles. The molecule has 0 unspecified atom stereocenters. The second-order valence-corrected chi connectivity index (χ2v) is 8.04. The number of nitrogens with zero attached hydrogens (tertiary/aromatic N) is 2. The lowest BCUT2D eigenvalue weighted by Gasteiger charge is -2.13. The van der Waals surface area contributed by atoms with E-state index in [1.54, 1.807) is 29.1 Å². The molecule has 1 aliphatic rings. The van der Waals surface area contributed by atoms with Gasteiger partial charge in [-0.05, 0) is 42.0 Å². The number of benzene rings is 2. The molecule has 0 bridgehead atoms. The van der Waals surface area contributed by atoms with Crippen LogP contribution in [0.1, 0.15) is 24.3 Å². The monoisotopic (exact) mass is 391 g/mol. The van der Waals surface area contributed by atoms with Gasteiger partial charge in [0.15, 0.2) is 0 Å². The van der Waals surface area contributed by atoms with Crippen molar-refractivity contribution in [2.75, 3.05) is 5.73 Å². The minimum absolute atomic E-state index is 0.109. The number of nitrogens with one attached hydrogen (secondary N) is 2. The first-order valence-electron chi connectivity index (χ1n) is 8.97. The van der Waals surface area contributed by atoms with Crippen molar-refractivity contribution in [2.24, 2.45) is 0 Å². The Hall–Kier alpha value is -3.26. The third-order valence-electron chi connectivity index (χ3n) is 5.51. The van der Waals surface area contributed by atoms with E-state index in [0.717, 1.165) is 28.4 Å². The third-order valence-corrected chi connectivity index (χ3v) is 6.38. The van der Waals surface area contributed by atoms with Gasteiger partial charge in [-0.15, -0.1) is 11.3 Å². The number of aromatic nitrogens is 4. The van der Waals surface area contributed by atoms with Crippen LogP contribution in [-0.2, 0) is 0 Å². The number of anilines is 1. The number of aromatic amines is 2. The Morgan fingerprint density at radius 2 is 2.07 bits per heavy atom. The first-order chi connectivity index (χ1) is 13.6. The van der Waals surface area contributed by atoms with E-state index in [2.05, 4.69) is 26.2 Å². The second-order valence-electron chi connectivity index (χ2n) is 7.19. The summed E-state index contributed by atoms with van der Waals surface area (Å²) in [4.78, 5) is 20.1. The highest BCUT2D eigenvalue weighted by molar-refractivity contribution is 7.17. The molecule has 6 rings (SSSR count). The first kappa shape index (κ1) is 15.8. The van der Waals surface area contributed by atoms with Crippen LogP contribution in [0.4, 0.5) is 10.1 Å². The number of nitrogens with two attached hydrogens (primary N) is 1. The maximum absolute atomic E-state index is 14.2. The molecule has 0 atom stereocenters. The molecular weight excluding hydrogens is 377 g/mol. The summed E-state index contributed by atoms with van der Waals surface area (Å²) in [6.07, 6.45) is 3.85. The summed E-state index contributed by atoms with van der Waals surface area (Å²) in [6, 6.07) is 5.13. The van der Waals surface area contributed by atoms with Crippen LogP contribution in [0.25, 0.3) is 43.1 Å². The maximum Gasteiger partial charge on any atom is 0.272 e. The Kier molecular flexibility index (Phi) is 3.03. The van der Waals surface area contributed by atoms with Crippen LogP contribution in [0, 0.1) is 5.82 Å². The highest BCUT2D eigenvalue weighted by Gasteiger charge is 2.28. The number of pyridine rings is 1.